The molecule has 0 saturated carbocycles. The highest BCUT2D eigenvalue weighted by atomic mass is 16.2. The number of nitrogens with one attached hydrogen (secondary N) is 3. The van der Waals surface area contributed by atoms with Gasteiger partial charge in [0.25, 0.3) is 11.5 Å². The number of aryl methyl sites for hydroxylation is 1. The molecule has 2 aromatic carbocycles. The van der Waals surface area contributed by atoms with Crippen LogP contribution in [-0.4, -0.2) is 34.4 Å². The third-order valence-electron chi connectivity index (χ3n) is 5.19. The van der Waals surface area contributed by atoms with Crippen LogP contribution in [0.5, 0.6) is 0 Å². The van der Waals surface area contributed by atoms with Gasteiger partial charge in [-0.25, -0.2) is 10.1 Å². The van der Waals surface area contributed by atoms with Crippen molar-refractivity contribution in [1.82, 2.24) is 20.5 Å². The Labute approximate surface area is 172 Å². The van der Waals surface area contributed by atoms with Gasteiger partial charge in [0.2, 0.25) is 5.91 Å². The smallest absolute Gasteiger partial charge is 0.280 e. The van der Waals surface area contributed by atoms with Gasteiger partial charge in [0.15, 0.2) is 0 Å². The molecule has 1 fully saturated rings. The van der Waals surface area contributed by atoms with E-state index in [-0.39, 0.29) is 17.4 Å². The van der Waals surface area contributed by atoms with Crippen molar-refractivity contribution in [3.8, 4) is 5.69 Å². The van der Waals surface area contributed by atoms with Crippen LogP contribution in [0.15, 0.2) is 70.6 Å². The zero-order valence-electron chi connectivity index (χ0n) is 16.3. The first-order chi connectivity index (χ1) is 14.6. The van der Waals surface area contributed by atoms with Crippen molar-refractivity contribution < 1.29 is 9.59 Å². The van der Waals surface area contributed by atoms with Gasteiger partial charge in [-0.1, -0.05) is 48.5 Å². The minimum Gasteiger partial charge on any atom is -0.355 e. The van der Waals surface area contributed by atoms with Crippen LogP contribution in [0.4, 0.5) is 0 Å². The molecule has 2 amide bonds. The van der Waals surface area contributed by atoms with Crippen molar-refractivity contribution in [3.63, 3.8) is 0 Å². The molecule has 1 aromatic heterocycles. The molecule has 0 aliphatic carbocycles. The van der Waals surface area contributed by atoms with Crippen LogP contribution < -0.4 is 16.3 Å². The first kappa shape index (κ1) is 19.4. The molecule has 0 unspecified atom stereocenters. The highest BCUT2D eigenvalue weighted by molar-refractivity contribution is 6.03. The van der Waals surface area contributed by atoms with Crippen LogP contribution in [0.2, 0.25) is 0 Å². The summed E-state index contributed by atoms with van der Waals surface area (Å²) >= 11 is 0. The molecular formula is C22H21N5O3. The fraction of sp³-hybridized carbons (Fsp3) is 0.182. The number of benzene rings is 2. The van der Waals surface area contributed by atoms with Crippen molar-refractivity contribution in [2.24, 2.45) is 11.0 Å². The Balaban J connectivity index is 1.51. The maximum Gasteiger partial charge on any atom is 0.280 e. The van der Waals surface area contributed by atoms with Gasteiger partial charge in [0.1, 0.15) is 5.92 Å². The number of carbonyl (C=O) groups excluding carboxylic acids is 2. The fourth-order valence-electron chi connectivity index (χ4n) is 3.63. The second-order valence-corrected chi connectivity index (χ2v) is 7.10. The second kappa shape index (κ2) is 8.20. The Morgan fingerprint density at radius 1 is 1.10 bits per heavy atom. The SMILES string of the molecule is Cc1[nH]n(-c2ccccc2)c(=O)c1/C=N/NC(=O)[C@@H]1C(=O)NC[C@H]1c1ccccc1. The van der Waals surface area contributed by atoms with E-state index in [4.69, 9.17) is 0 Å². The van der Waals surface area contributed by atoms with Gasteiger partial charge in [-0.2, -0.15) is 5.10 Å². The summed E-state index contributed by atoms with van der Waals surface area (Å²) < 4.78 is 1.41. The van der Waals surface area contributed by atoms with Crippen LogP contribution in [0.3, 0.4) is 0 Å². The van der Waals surface area contributed by atoms with Gasteiger partial charge in [-0.3, -0.25) is 19.5 Å². The Morgan fingerprint density at radius 3 is 2.47 bits per heavy atom. The van der Waals surface area contributed by atoms with E-state index in [1.807, 2.05) is 60.7 Å². The fourth-order valence-corrected chi connectivity index (χ4v) is 3.63. The van der Waals surface area contributed by atoms with E-state index in [2.05, 4.69) is 20.9 Å². The van der Waals surface area contributed by atoms with E-state index < -0.39 is 11.8 Å². The largest absolute Gasteiger partial charge is 0.355 e. The number of hydrazone groups is 1. The van der Waals surface area contributed by atoms with Gasteiger partial charge in [0.05, 0.1) is 17.5 Å². The quantitative estimate of drug-likeness (QED) is 0.341. The number of aromatic nitrogens is 2. The number of para-hydroxylation sites is 1. The maximum atomic E-state index is 12.7. The van der Waals surface area contributed by atoms with Crippen molar-refractivity contribution in [1.29, 1.82) is 0 Å². The highest BCUT2D eigenvalue weighted by Gasteiger charge is 2.40. The van der Waals surface area contributed by atoms with Gasteiger partial charge >= 0.3 is 0 Å². The van der Waals surface area contributed by atoms with E-state index in [1.54, 1.807) is 6.92 Å². The normalized spacial score (nSPS) is 18.5. The standard InChI is InChI=1S/C22H21N5O3/c1-14-17(22(30)27(26-14)16-10-6-3-7-11-16)13-24-25-21(29)19-18(12-23-20(19)28)15-8-4-2-5-9-15/h2-11,13,18-19,26H,12H2,1H3,(H,23,28)(H,25,29)/b24-13+/t18-,19-/m0/s1. The monoisotopic (exact) mass is 403 g/mol. The average Bonchev–Trinajstić information content (AvgIpc) is 3.29. The number of H-pyrrole nitrogens is 1. The van der Waals surface area contributed by atoms with Crippen LogP contribution in [0, 0.1) is 12.8 Å². The number of hydrogen-bond donors (Lipinski definition) is 3. The lowest BCUT2D eigenvalue weighted by molar-refractivity contribution is -0.133. The zero-order chi connectivity index (χ0) is 21.1. The van der Waals surface area contributed by atoms with Crippen molar-refractivity contribution >= 4 is 18.0 Å². The topological polar surface area (TPSA) is 108 Å². The summed E-state index contributed by atoms with van der Waals surface area (Å²) in [5, 5.41) is 9.67. The summed E-state index contributed by atoms with van der Waals surface area (Å²) in [6.07, 6.45) is 1.30. The Hall–Kier alpha value is -3.94. The molecule has 30 heavy (non-hydrogen) atoms. The summed E-state index contributed by atoms with van der Waals surface area (Å²) in [6, 6.07) is 18.6. The molecular weight excluding hydrogens is 382 g/mol. The number of aromatic amines is 1. The maximum absolute atomic E-state index is 12.7. The lowest BCUT2D eigenvalue weighted by Gasteiger charge is -2.15. The molecule has 8 nitrogen and oxygen atoms in total. The van der Waals surface area contributed by atoms with Crippen molar-refractivity contribution in [2.75, 3.05) is 6.54 Å². The Morgan fingerprint density at radius 2 is 1.77 bits per heavy atom. The molecule has 1 saturated heterocycles. The van der Waals surface area contributed by atoms with E-state index >= 15 is 0 Å². The minimum atomic E-state index is -0.877. The first-order valence-electron chi connectivity index (χ1n) is 9.59. The third-order valence-corrected chi connectivity index (χ3v) is 5.19. The second-order valence-electron chi connectivity index (χ2n) is 7.10. The van der Waals surface area contributed by atoms with Crippen LogP contribution in [0.25, 0.3) is 5.69 Å². The summed E-state index contributed by atoms with van der Waals surface area (Å²) in [5.41, 5.74) is 4.68. The lowest BCUT2D eigenvalue weighted by Crippen LogP contribution is -2.34. The predicted molar refractivity (Wildman–Crippen MR) is 113 cm³/mol. The summed E-state index contributed by atoms with van der Waals surface area (Å²) in [6.45, 7) is 2.14. The van der Waals surface area contributed by atoms with E-state index in [0.29, 0.717) is 23.5 Å². The first-order valence-corrected chi connectivity index (χ1v) is 9.59. The molecule has 1 aliphatic heterocycles. The molecule has 2 atom stereocenters. The molecule has 3 N–H and O–H groups in total. The predicted octanol–water partition coefficient (Wildman–Crippen LogP) is 1.45. The molecule has 4 rings (SSSR count). The van der Waals surface area contributed by atoms with Gasteiger partial charge in [-0.15, -0.1) is 0 Å². The number of hydrogen-bond acceptors (Lipinski definition) is 4. The van der Waals surface area contributed by atoms with E-state index in [0.717, 1.165) is 5.56 Å². The summed E-state index contributed by atoms with van der Waals surface area (Å²) in [5.74, 6) is -1.98. The Bertz CT molecular complexity index is 1150. The molecule has 0 bridgehead atoms. The van der Waals surface area contributed by atoms with Gasteiger partial charge in [0, 0.05) is 18.2 Å². The molecule has 0 radical (unpaired) electrons. The number of carbonyl (C=O) groups is 2. The number of rotatable bonds is 5. The molecule has 8 heteroatoms. The van der Waals surface area contributed by atoms with Crippen LogP contribution >= 0.6 is 0 Å². The number of amides is 2. The molecule has 2 heterocycles. The van der Waals surface area contributed by atoms with Gasteiger partial charge < -0.3 is 5.32 Å². The Kier molecular flexibility index (Phi) is 5.30. The third kappa shape index (κ3) is 3.67. The van der Waals surface area contributed by atoms with Crippen LogP contribution in [0.1, 0.15) is 22.7 Å². The zero-order valence-corrected chi connectivity index (χ0v) is 16.3. The molecule has 152 valence electrons. The van der Waals surface area contributed by atoms with Crippen molar-refractivity contribution in [2.45, 2.75) is 12.8 Å². The van der Waals surface area contributed by atoms with E-state index in [9.17, 15) is 14.4 Å². The molecule has 1 aliphatic rings. The highest BCUT2D eigenvalue weighted by Crippen LogP contribution is 2.28. The summed E-state index contributed by atoms with van der Waals surface area (Å²) in [7, 11) is 0. The summed E-state index contributed by atoms with van der Waals surface area (Å²) in [4.78, 5) is 37.5. The van der Waals surface area contributed by atoms with Crippen molar-refractivity contribution in [3.05, 3.63) is 87.8 Å². The van der Waals surface area contributed by atoms with Gasteiger partial charge in [-0.05, 0) is 24.6 Å². The van der Waals surface area contributed by atoms with Crippen LogP contribution in [-0.2, 0) is 9.59 Å². The lowest BCUT2D eigenvalue weighted by atomic mass is 9.88. The van der Waals surface area contributed by atoms with E-state index in [1.165, 1.54) is 10.9 Å². The number of nitrogens with zero attached hydrogens (tertiary/aromatic N) is 2. The molecule has 0 spiro atoms. The average molecular weight is 403 g/mol. The molecule has 3 aromatic rings. The minimum absolute atomic E-state index is 0.266.